The molecular formula is C16H23NO3. The lowest BCUT2D eigenvalue weighted by Crippen LogP contribution is -2.14. The molecule has 0 amide bonds. The molecule has 1 aromatic carbocycles. The molecule has 1 heterocycles. The minimum absolute atomic E-state index is 0.544. The van der Waals surface area contributed by atoms with Crippen molar-refractivity contribution in [1.82, 2.24) is 5.32 Å². The number of benzene rings is 1. The van der Waals surface area contributed by atoms with Gasteiger partial charge in [0, 0.05) is 18.1 Å². The number of hydrogen-bond donors (Lipinski definition) is 1. The number of nitrogens with one attached hydrogen (secondary N) is 1. The predicted octanol–water partition coefficient (Wildman–Crippen LogP) is 3.40. The van der Waals surface area contributed by atoms with Gasteiger partial charge in [0.25, 0.3) is 0 Å². The fraction of sp³-hybridized carbons (Fsp3) is 0.500. The van der Waals surface area contributed by atoms with Crippen LogP contribution in [0.3, 0.4) is 0 Å². The van der Waals surface area contributed by atoms with E-state index in [4.69, 9.17) is 13.9 Å². The van der Waals surface area contributed by atoms with E-state index in [9.17, 15) is 0 Å². The Balaban J connectivity index is 2.47. The standard InChI is InChI=1S/C16H23NO3/c1-5-6-17-9-15-13(10-18-3)12-7-11(2)8-14(19-4)16(12)20-15/h7-8,17H,5-6,9-10H2,1-4H3. The Morgan fingerprint density at radius 2 is 2.05 bits per heavy atom. The topological polar surface area (TPSA) is 43.6 Å². The molecule has 4 nitrogen and oxygen atoms in total. The number of rotatable bonds is 7. The van der Waals surface area contributed by atoms with Gasteiger partial charge in [0.1, 0.15) is 5.76 Å². The third-order valence-corrected chi connectivity index (χ3v) is 3.31. The Hall–Kier alpha value is -1.52. The monoisotopic (exact) mass is 277 g/mol. The van der Waals surface area contributed by atoms with E-state index in [0.717, 1.165) is 46.6 Å². The van der Waals surface area contributed by atoms with Crippen LogP contribution >= 0.6 is 0 Å². The Kier molecular flexibility index (Phi) is 5.04. The molecule has 0 bridgehead atoms. The maximum Gasteiger partial charge on any atom is 0.176 e. The predicted molar refractivity (Wildman–Crippen MR) is 80.2 cm³/mol. The highest BCUT2D eigenvalue weighted by atomic mass is 16.5. The molecule has 0 saturated heterocycles. The maximum atomic E-state index is 6.01. The van der Waals surface area contributed by atoms with E-state index < -0.39 is 0 Å². The van der Waals surface area contributed by atoms with E-state index in [0.29, 0.717) is 13.2 Å². The zero-order valence-corrected chi connectivity index (χ0v) is 12.7. The maximum absolute atomic E-state index is 6.01. The molecule has 0 unspecified atom stereocenters. The summed E-state index contributed by atoms with van der Waals surface area (Å²) in [5, 5.41) is 4.45. The molecule has 0 saturated carbocycles. The number of ether oxygens (including phenoxy) is 2. The summed E-state index contributed by atoms with van der Waals surface area (Å²) < 4.78 is 16.8. The lowest BCUT2D eigenvalue weighted by molar-refractivity contribution is 0.183. The molecule has 0 atom stereocenters. The summed E-state index contributed by atoms with van der Waals surface area (Å²) in [4.78, 5) is 0. The first-order valence-electron chi connectivity index (χ1n) is 6.99. The smallest absolute Gasteiger partial charge is 0.176 e. The van der Waals surface area contributed by atoms with Crippen molar-refractivity contribution in [3.05, 3.63) is 29.0 Å². The van der Waals surface area contributed by atoms with Gasteiger partial charge in [-0.05, 0) is 37.6 Å². The quantitative estimate of drug-likeness (QED) is 0.788. The van der Waals surface area contributed by atoms with Crippen molar-refractivity contribution in [3.8, 4) is 5.75 Å². The van der Waals surface area contributed by atoms with Gasteiger partial charge < -0.3 is 19.2 Å². The third kappa shape index (κ3) is 2.97. The molecule has 1 aromatic heterocycles. The van der Waals surface area contributed by atoms with Gasteiger partial charge in [-0.2, -0.15) is 0 Å². The second-order valence-electron chi connectivity index (χ2n) is 4.96. The fourth-order valence-corrected chi connectivity index (χ4v) is 2.38. The molecular weight excluding hydrogens is 254 g/mol. The van der Waals surface area contributed by atoms with Gasteiger partial charge in [0.05, 0.1) is 20.3 Å². The van der Waals surface area contributed by atoms with Crippen molar-refractivity contribution < 1.29 is 13.9 Å². The van der Waals surface area contributed by atoms with Gasteiger partial charge in [-0.15, -0.1) is 0 Å². The molecule has 0 spiro atoms. The first-order chi connectivity index (χ1) is 9.71. The minimum atomic E-state index is 0.544. The average molecular weight is 277 g/mol. The van der Waals surface area contributed by atoms with Gasteiger partial charge in [-0.3, -0.25) is 0 Å². The number of fused-ring (bicyclic) bond motifs is 1. The van der Waals surface area contributed by atoms with Crippen molar-refractivity contribution in [2.45, 2.75) is 33.4 Å². The second kappa shape index (κ2) is 6.77. The Labute approximate surface area is 120 Å². The number of aryl methyl sites for hydroxylation is 1. The molecule has 0 aliphatic carbocycles. The van der Waals surface area contributed by atoms with Crippen molar-refractivity contribution in [2.75, 3.05) is 20.8 Å². The van der Waals surface area contributed by atoms with Gasteiger partial charge in [-0.25, -0.2) is 0 Å². The molecule has 0 aliphatic rings. The van der Waals surface area contributed by atoms with E-state index in [1.165, 1.54) is 0 Å². The SMILES string of the molecule is CCCNCc1oc2c(OC)cc(C)cc2c1COC. The summed E-state index contributed by atoms with van der Waals surface area (Å²) in [6.07, 6.45) is 1.10. The molecule has 2 rings (SSSR count). The summed E-state index contributed by atoms with van der Waals surface area (Å²) in [7, 11) is 3.37. The van der Waals surface area contributed by atoms with Gasteiger partial charge in [0.2, 0.25) is 0 Å². The number of furan rings is 1. The van der Waals surface area contributed by atoms with Crippen LogP contribution in [0.15, 0.2) is 16.5 Å². The molecule has 4 heteroatoms. The van der Waals surface area contributed by atoms with E-state index in [-0.39, 0.29) is 0 Å². The molecule has 0 aliphatic heterocycles. The normalized spacial score (nSPS) is 11.2. The van der Waals surface area contributed by atoms with Crippen LogP contribution < -0.4 is 10.1 Å². The van der Waals surface area contributed by atoms with E-state index in [1.807, 2.05) is 6.07 Å². The van der Waals surface area contributed by atoms with Crippen molar-refractivity contribution >= 4 is 11.0 Å². The molecule has 1 N–H and O–H groups in total. The number of hydrogen-bond acceptors (Lipinski definition) is 4. The van der Waals surface area contributed by atoms with Crippen molar-refractivity contribution in [1.29, 1.82) is 0 Å². The molecule has 0 fully saturated rings. The fourth-order valence-electron chi connectivity index (χ4n) is 2.38. The van der Waals surface area contributed by atoms with Crippen LogP contribution in [0.2, 0.25) is 0 Å². The molecule has 0 radical (unpaired) electrons. The zero-order chi connectivity index (χ0) is 14.5. The van der Waals surface area contributed by atoms with E-state index in [1.54, 1.807) is 14.2 Å². The second-order valence-corrected chi connectivity index (χ2v) is 4.96. The first kappa shape index (κ1) is 14.9. The van der Waals surface area contributed by atoms with Crippen molar-refractivity contribution in [3.63, 3.8) is 0 Å². The van der Waals surface area contributed by atoms with Crippen LogP contribution in [0.1, 0.15) is 30.2 Å². The Morgan fingerprint density at radius 1 is 1.25 bits per heavy atom. The van der Waals surface area contributed by atoms with Crippen LogP contribution in [0.25, 0.3) is 11.0 Å². The first-order valence-corrected chi connectivity index (χ1v) is 6.99. The Bertz CT molecular complexity index is 575. The highest BCUT2D eigenvalue weighted by Crippen LogP contribution is 2.34. The summed E-state index contributed by atoms with van der Waals surface area (Å²) >= 11 is 0. The minimum Gasteiger partial charge on any atom is -0.493 e. The van der Waals surface area contributed by atoms with Crippen LogP contribution in [-0.2, 0) is 17.9 Å². The summed E-state index contributed by atoms with van der Waals surface area (Å²) in [5.41, 5.74) is 3.06. The lowest BCUT2D eigenvalue weighted by Gasteiger charge is -2.04. The molecule has 20 heavy (non-hydrogen) atoms. The largest absolute Gasteiger partial charge is 0.493 e. The van der Waals surface area contributed by atoms with Crippen LogP contribution in [-0.4, -0.2) is 20.8 Å². The summed E-state index contributed by atoms with van der Waals surface area (Å²) in [5.74, 6) is 1.71. The van der Waals surface area contributed by atoms with Crippen LogP contribution in [0.5, 0.6) is 5.75 Å². The lowest BCUT2D eigenvalue weighted by atomic mass is 10.1. The van der Waals surface area contributed by atoms with Gasteiger partial charge in [-0.1, -0.05) is 6.92 Å². The van der Waals surface area contributed by atoms with Crippen LogP contribution in [0.4, 0.5) is 0 Å². The van der Waals surface area contributed by atoms with E-state index in [2.05, 4.69) is 25.2 Å². The Morgan fingerprint density at radius 3 is 2.70 bits per heavy atom. The molecule has 110 valence electrons. The summed E-state index contributed by atoms with van der Waals surface area (Å²) in [6.45, 7) is 6.43. The highest BCUT2D eigenvalue weighted by Gasteiger charge is 2.17. The summed E-state index contributed by atoms with van der Waals surface area (Å²) in [6, 6.07) is 4.12. The van der Waals surface area contributed by atoms with Gasteiger partial charge in [0.15, 0.2) is 11.3 Å². The third-order valence-electron chi connectivity index (χ3n) is 3.31. The zero-order valence-electron chi connectivity index (χ0n) is 12.7. The van der Waals surface area contributed by atoms with E-state index >= 15 is 0 Å². The van der Waals surface area contributed by atoms with Crippen molar-refractivity contribution in [2.24, 2.45) is 0 Å². The molecule has 2 aromatic rings. The highest BCUT2D eigenvalue weighted by molar-refractivity contribution is 5.88. The number of methoxy groups -OCH3 is 2. The van der Waals surface area contributed by atoms with Crippen LogP contribution in [0, 0.1) is 6.92 Å². The van der Waals surface area contributed by atoms with Gasteiger partial charge >= 0.3 is 0 Å². The average Bonchev–Trinajstić information content (AvgIpc) is 2.77.